The van der Waals surface area contributed by atoms with Crippen molar-refractivity contribution in [3.63, 3.8) is 0 Å². The molecule has 2 rings (SSSR count). The van der Waals surface area contributed by atoms with Gasteiger partial charge in [0.05, 0.1) is 0 Å². The number of carbonyl (C=O) groups excluding carboxylic acids is 1. The van der Waals surface area contributed by atoms with Crippen LogP contribution in [0.3, 0.4) is 0 Å². The first-order valence-electron chi connectivity index (χ1n) is 6.53. The van der Waals surface area contributed by atoms with Crippen molar-refractivity contribution in [3.8, 4) is 0 Å². The highest BCUT2D eigenvalue weighted by Gasteiger charge is 2.12. The summed E-state index contributed by atoms with van der Waals surface area (Å²) in [7, 11) is 0. The number of benzene rings is 2. The lowest BCUT2D eigenvalue weighted by Gasteiger charge is -2.07. The second kappa shape index (κ2) is 6.58. The highest BCUT2D eigenvalue weighted by molar-refractivity contribution is 7.98. The zero-order chi connectivity index (χ0) is 13.7. The molecule has 2 aromatic carbocycles. The lowest BCUT2D eigenvalue weighted by Crippen LogP contribution is -2.03. The van der Waals surface area contributed by atoms with Crippen molar-refractivity contribution in [2.24, 2.45) is 0 Å². The van der Waals surface area contributed by atoms with Gasteiger partial charge in [0.15, 0.2) is 5.78 Å². The molecule has 0 aliphatic rings. The van der Waals surface area contributed by atoms with Crippen LogP contribution in [0, 0.1) is 0 Å². The number of aryl methyl sites for hydroxylation is 1. The Morgan fingerprint density at radius 2 is 1.89 bits per heavy atom. The Kier molecular flexibility index (Phi) is 4.80. The van der Waals surface area contributed by atoms with Crippen LogP contribution in [0.4, 0.5) is 0 Å². The van der Waals surface area contributed by atoms with E-state index >= 15 is 0 Å². The highest BCUT2D eigenvalue weighted by Crippen LogP contribution is 2.23. The third kappa shape index (κ3) is 3.27. The molecule has 19 heavy (non-hydrogen) atoms. The van der Waals surface area contributed by atoms with Gasteiger partial charge in [0.25, 0.3) is 0 Å². The zero-order valence-electron chi connectivity index (χ0n) is 11.3. The van der Waals surface area contributed by atoms with Crippen molar-refractivity contribution >= 4 is 17.5 Å². The minimum absolute atomic E-state index is 0.114. The molecular weight excluding hydrogens is 252 g/mol. The van der Waals surface area contributed by atoms with Crippen molar-refractivity contribution in [1.29, 1.82) is 0 Å². The third-order valence-electron chi connectivity index (χ3n) is 3.08. The molecule has 0 amide bonds. The first-order valence-corrected chi connectivity index (χ1v) is 7.75. The summed E-state index contributed by atoms with van der Waals surface area (Å²) >= 11 is 1.61. The number of thioether (sulfide) groups is 1. The van der Waals surface area contributed by atoms with Crippen LogP contribution < -0.4 is 0 Å². The normalized spacial score (nSPS) is 10.4. The number of hydrogen-bond donors (Lipinski definition) is 0. The van der Waals surface area contributed by atoms with E-state index < -0.39 is 0 Å². The molecule has 0 radical (unpaired) electrons. The quantitative estimate of drug-likeness (QED) is 0.584. The van der Waals surface area contributed by atoms with Crippen molar-refractivity contribution in [1.82, 2.24) is 0 Å². The van der Waals surface area contributed by atoms with E-state index in [9.17, 15) is 4.79 Å². The molecule has 0 saturated carbocycles. The average Bonchev–Trinajstić information content (AvgIpc) is 2.47. The van der Waals surface area contributed by atoms with Gasteiger partial charge < -0.3 is 0 Å². The molecule has 0 bridgehead atoms. The topological polar surface area (TPSA) is 17.1 Å². The van der Waals surface area contributed by atoms with Crippen LogP contribution in [0.5, 0.6) is 0 Å². The summed E-state index contributed by atoms with van der Waals surface area (Å²) < 4.78 is 0. The molecule has 0 spiro atoms. The lowest BCUT2D eigenvalue weighted by atomic mass is 10.00. The maximum Gasteiger partial charge on any atom is 0.194 e. The molecule has 1 nitrogen and oxygen atoms in total. The predicted molar refractivity (Wildman–Crippen MR) is 82.1 cm³/mol. The zero-order valence-corrected chi connectivity index (χ0v) is 12.2. The third-order valence-corrected chi connectivity index (χ3v) is 3.88. The van der Waals surface area contributed by atoms with Crippen LogP contribution in [-0.4, -0.2) is 12.0 Å². The molecule has 0 unspecified atom stereocenters. The monoisotopic (exact) mass is 270 g/mol. The fraction of sp³-hybridized carbons (Fsp3) is 0.235. The molecule has 0 fully saturated rings. The van der Waals surface area contributed by atoms with Gasteiger partial charge >= 0.3 is 0 Å². The molecule has 0 N–H and O–H groups in total. The van der Waals surface area contributed by atoms with Crippen LogP contribution in [0.1, 0.15) is 34.8 Å². The molecule has 0 aromatic heterocycles. The molecule has 98 valence electrons. The van der Waals surface area contributed by atoms with E-state index in [1.165, 1.54) is 5.56 Å². The highest BCUT2D eigenvalue weighted by atomic mass is 32.2. The largest absolute Gasteiger partial charge is 0.289 e. The average molecular weight is 270 g/mol. The summed E-state index contributed by atoms with van der Waals surface area (Å²) in [5.74, 6) is 0.114. The van der Waals surface area contributed by atoms with E-state index in [1.54, 1.807) is 11.8 Å². The maximum absolute atomic E-state index is 12.6. The minimum Gasteiger partial charge on any atom is -0.289 e. The second-order valence-electron chi connectivity index (χ2n) is 4.48. The van der Waals surface area contributed by atoms with Crippen molar-refractivity contribution in [2.75, 3.05) is 6.26 Å². The molecule has 2 heteroatoms. The number of ketones is 1. The summed E-state index contributed by atoms with van der Waals surface area (Å²) in [6.07, 6.45) is 4.12. The van der Waals surface area contributed by atoms with Crippen LogP contribution in [0.25, 0.3) is 0 Å². The molecule has 2 aromatic rings. The Balaban J connectivity index is 2.35. The van der Waals surface area contributed by atoms with E-state index in [4.69, 9.17) is 0 Å². The van der Waals surface area contributed by atoms with Gasteiger partial charge in [0.2, 0.25) is 0 Å². The van der Waals surface area contributed by atoms with E-state index in [1.807, 2.05) is 48.7 Å². The summed E-state index contributed by atoms with van der Waals surface area (Å²) in [5.41, 5.74) is 2.81. The van der Waals surface area contributed by atoms with E-state index in [0.717, 1.165) is 28.9 Å². The van der Waals surface area contributed by atoms with Gasteiger partial charge in [-0.1, -0.05) is 43.7 Å². The van der Waals surface area contributed by atoms with Crippen molar-refractivity contribution < 1.29 is 4.79 Å². The molecule has 0 aliphatic heterocycles. The van der Waals surface area contributed by atoms with Gasteiger partial charge in [-0.25, -0.2) is 0 Å². The Labute approximate surface area is 119 Å². The Morgan fingerprint density at radius 3 is 2.63 bits per heavy atom. The summed E-state index contributed by atoms with van der Waals surface area (Å²) in [5, 5.41) is 0. The molecule has 0 atom stereocenters. The minimum atomic E-state index is 0.114. The van der Waals surface area contributed by atoms with Crippen molar-refractivity contribution in [3.05, 3.63) is 65.2 Å². The number of rotatable bonds is 5. The van der Waals surface area contributed by atoms with Gasteiger partial charge in [0.1, 0.15) is 0 Å². The van der Waals surface area contributed by atoms with E-state index in [0.29, 0.717) is 0 Å². The predicted octanol–water partition coefficient (Wildman–Crippen LogP) is 4.59. The molecule has 0 aliphatic carbocycles. The van der Waals surface area contributed by atoms with E-state index in [2.05, 4.69) is 13.0 Å². The van der Waals surface area contributed by atoms with Gasteiger partial charge in [-0.15, -0.1) is 11.8 Å². The standard InChI is InChI=1S/C17H18OS/c1-3-7-13-8-6-9-14(12-13)17(18)15-10-4-5-11-16(15)19-2/h4-6,8-12H,3,7H2,1-2H3. The summed E-state index contributed by atoms with van der Waals surface area (Å²) in [6, 6.07) is 15.8. The maximum atomic E-state index is 12.6. The molecule has 0 saturated heterocycles. The first-order chi connectivity index (χ1) is 9.26. The molecule has 0 heterocycles. The second-order valence-corrected chi connectivity index (χ2v) is 5.33. The summed E-state index contributed by atoms with van der Waals surface area (Å²) in [6.45, 7) is 2.15. The van der Waals surface area contributed by atoms with Gasteiger partial charge in [-0.05, 0) is 36.4 Å². The fourth-order valence-corrected chi connectivity index (χ4v) is 2.74. The fourth-order valence-electron chi connectivity index (χ4n) is 2.14. The SMILES string of the molecule is CCCc1cccc(C(=O)c2ccccc2SC)c1. The first kappa shape index (κ1) is 13.9. The number of hydrogen-bond acceptors (Lipinski definition) is 2. The van der Waals surface area contributed by atoms with Crippen LogP contribution in [0.2, 0.25) is 0 Å². The van der Waals surface area contributed by atoms with Crippen LogP contribution >= 0.6 is 11.8 Å². The Hall–Kier alpha value is -1.54. The number of carbonyl (C=O) groups is 1. The Bertz CT molecular complexity index is 575. The van der Waals surface area contributed by atoms with Crippen LogP contribution in [-0.2, 0) is 6.42 Å². The smallest absolute Gasteiger partial charge is 0.194 e. The molecular formula is C17H18OS. The van der Waals surface area contributed by atoms with Gasteiger partial charge in [-0.3, -0.25) is 4.79 Å². The Morgan fingerprint density at radius 1 is 1.11 bits per heavy atom. The van der Waals surface area contributed by atoms with Crippen LogP contribution in [0.15, 0.2) is 53.4 Å². The summed E-state index contributed by atoms with van der Waals surface area (Å²) in [4.78, 5) is 13.6. The van der Waals surface area contributed by atoms with Gasteiger partial charge in [-0.2, -0.15) is 0 Å². The lowest BCUT2D eigenvalue weighted by molar-refractivity contribution is 0.103. The van der Waals surface area contributed by atoms with Crippen molar-refractivity contribution in [2.45, 2.75) is 24.7 Å². The van der Waals surface area contributed by atoms with E-state index in [-0.39, 0.29) is 5.78 Å². The van der Waals surface area contributed by atoms with Gasteiger partial charge in [0, 0.05) is 16.0 Å².